The molecule has 0 aliphatic carbocycles. The molecule has 2 rings (SSSR count). The van der Waals surface area contributed by atoms with Crippen LogP contribution in [0.1, 0.15) is 16.7 Å². The Hall–Kier alpha value is -1.81. The van der Waals surface area contributed by atoms with Crippen molar-refractivity contribution in [2.45, 2.75) is 20.0 Å². The largest absolute Gasteiger partial charge is 0.308 e. The Morgan fingerprint density at radius 1 is 1.11 bits per heavy atom. The van der Waals surface area contributed by atoms with Crippen LogP contribution in [0.15, 0.2) is 36.7 Å². The number of halogens is 2. The van der Waals surface area contributed by atoms with E-state index in [0.717, 1.165) is 17.2 Å². The normalized spacial score (nSPS) is 10.6. The van der Waals surface area contributed by atoms with Crippen LogP contribution in [0, 0.1) is 18.6 Å². The summed E-state index contributed by atoms with van der Waals surface area (Å²) in [6.45, 7) is 2.93. The number of hydrogen-bond donors (Lipinski definition) is 1. The lowest BCUT2D eigenvalue weighted by molar-refractivity contribution is 0.560. The van der Waals surface area contributed by atoms with Crippen LogP contribution in [-0.2, 0) is 13.1 Å². The van der Waals surface area contributed by atoms with Crippen LogP contribution in [0.4, 0.5) is 8.78 Å². The summed E-state index contributed by atoms with van der Waals surface area (Å²) >= 11 is 0. The zero-order valence-electron chi connectivity index (χ0n) is 10.1. The lowest BCUT2D eigenvalue weighted by atomic mass is 10.2. The van der Waals surface area contributed by atoms with E-state index in [1.54, 1.807) is 12.4 Å². The van der Waals surface area contributed by atoms with E-state index in [1.165, 1.54) is 12.1 Å². The van der Waals surface area contributed by atoms with E-state index in [-0.39, 0.29) is 0 Å². The fraction of sp³-hybridized carbons (Fsp3) is 0.214. The molecule has 0 amide bonds. The first-order chi connectivity index (χ1) is 8.65. The molecule has 1 aromatic heterocycles. The van der Waals surface area contributed by atoms with Crippen molar-refractivity contribution in [3.63, 3.8) is 0 Å². The third-order valence-electron chi connectivity index (χ3n) is 2.59. The fourth-order valence-electron chi connectivity index (χ4n) is 1.72. The average Bonchev–Trinajstić information content (AvgIpc) is 2.32. The maximum atomic E-state index is 13.3. The van der Waals surface area contributed by atoms with Crippen molar-refractivity contribution in [1.29, 1.82) is 0 Å². The van der Waals surface area contributed by atoms with Crippen LogP contribution in [-0.4, -0.2) is 4.98 Å². The Morgan fingerprint density at radius 3 is 2.67 bits per heavy atom. The highest BCUT2D eigenvalue weighted by Gasteiger charge is 2.03. The maximum absolute atomic E-state index is 13.3. The standard InChI is InChI=1S/C14H14F2N2/c1-10-4-11(7-17-6-10)8-18-9-12-2-3-13(15)5-14(12)16/h2-7,18H,8-9H2,1H3. The molecule has 0 radical (unpaired) electrons. The number of rotatable bonds is 4. The molecule has 2 nitrogen and oxygen atoms in total. The van der Waals surface area contributed by atoms with Gasteiger partial charge in [-0.25, -0.2) is 8.78 Å². The number of benzene rings is 1. The highest BCUT2D eigenvalue weighted by molar-refractivity contribution is 5.19. The van der Waals surface area contributed by atoms with E-state index in [2.05, 4.69) is 10.3 Å². The molecule has 0 spiro atoms. The van der Waals surface area contributed by atoms with Crippen LogP contribution in [0.5, 0.6) is 0 Å². The van der Waals surface area contributed by atoms with Gasteiger partial charge >= 0.3 is 0 Å². The van der Waals surface area contributed by atoms with Gasteiger partial charge in [0.05, 0.1) is 0 Å². The average molecular weight is 248 g/mol. The molecule has 0 unspecified atom stereocenters. The highest BCUT2D eigenvalue weighted by atomic mass is 19.1. The molecule has 0 fully saturated rings. The van der Waals surface area contributed by atoms with E-state index in [4.69, 9.17) is 0 Å². The molecule has 0 atom stereocenters. The van der Waals surface area contributed by atoms with Gasteiger partial charge in [-0.05, 0) is 24.1 Å². The van der Waals surface area contributed by atoms with Crippen LogP contribution < -0.4 is 5.32 Å². The molecule has 1 N–H and O–H groups in total. The van der Waals surface area contributed by atoms with Crippen LogP contribution in [0.3, 0.4) is 0 Å². The third kappa shape index (κ3) is 3.34. The second-order valence-corrected chi connectivity index (χ2v) is 4.21. The first-order valence-corrected chi connectivity index (χ1v) is 5.70. The van der Waals surface area contributed by atoms with Gasteiger partial charge in [-0.1, -0.05) is 12.1 Å². The van der Waals surface area contributed by atoms with Crippen LogP contribution in [0.2, 0.25) is 0 Å². The number of nitrogens with zero attached hydrogens (tertiary/aromatic N) is 1. The molecular formula is C14H14F2N2. The van der Waals surface area contributed by atoms with Gasteiger partial charge in [0.1, 0.15) is 11.6 Å². The van der Waals surface area contributed by atoms with E-state index < -0.39 is 11.6 Å². The maximum Gasteiger partial charge on any atom is 0.130 e. The fourth-order valence-corrected chi connectivity index (χ4v) is 1.72. The Morgan fingerprint density at radius 2 is 1.94 bits per heavy atom. The van der Waals surface area contributed by atoms with E-state index in [9.17, 15) is 8.78 Å². The van der Waals surface area contributed by atoms with Gasteiger partial charge in [0.15, 0.2) is 0 Å². The number of aromatic nitrogens is 1. The summed E-state index contributed by atoms with van der Waals surface area (Å²) in [7, 11) is 0. The van der Waals surface area contributed by atoms with Crippen LogP contribution in [0.25, 0.3) is 0 Å². The van der Waals surface area contributed by atoms with Crippen LogP contribution >= 0.6 is 0 Å². The third-order valence-corrected chi connectivity index (χ3v) is 2.59. The van der Waals surface area contributed by atoms with Gasteiger partial charge in [-0.15, -0.1) is 0 Å². The summed E-state index contributed by atoms with van der Waals surface area (Å²) in [5.74, 6) is -1.08. The van der Waals surface area contributed by atoms with Crippen molar-refractivity contribution in [2.24, 2.45) is 0 Å². The topological polar surface area (TPSA) is 24.9 Å². The van der Waals surface area contributed by atoms with Gasteiger partial charge in [-0.2, -0.15) is 0 Å². The summed E-state index contributed by atoms with van der Waals surface area (Å²) in [5.41, 5.74) is 2.58. The first-order valence-electron chi connectivity index (χ1n) is 5.70. The molecule has 1 aromatic carbocycles. The quantitative estimate of drug-likeness (QED) is 0.899. The minimum atomic E-state index is -0.556. The Labute approximate surface area is 105 Å². The summed E-state index contributed by atoms with van der Waals surface area (Å²) in [4.78, 5) is 4.08. The lowest BCUT2D eigenvalue weighted by Crippen LogP contribution is -2.14. The number of aryl methyl sites for hydroxylation is 1. The van der Waals surface area contributed by atoms with Crippen molar-refractivity contribution in [3.8, 4) is 0 Å². The number of pyridine rings is 1. The summed E-state index contributed by atoms with van der Waals surface area (Å²) in [6, 6.07) is 5.62. The Balaban J connectivity index is 1.92. The molecule has 1 heterocycles. The zero-order chi connectivity index (χ0) is 13.0. The summed E-state index contributed by atoms with van der Waals surface area (Å²) in [5, 5.41) is 3.10. The SMILES string of the molecule is Cc1cncc(CNCc2ccc(F)cc2F)c1. The Kier molecular flexibility index (Phi) is 3.99. The van der Waals surface area contributed by atoms with Gasteiger partial charge in [0.25, 0.3) is 0 Å². The second-order valence-electron chi connectivity index (χ2n) is 4.21. The molecule has 0 saturated heterocycles. The molecule has 0 aliphatic rings. The molecule has 4 heteroatoms. The second kappa shape index (κ2) is 5.69. The van der Waals surface area contributed by atoms with E-state index >= 15 is 0 Å². The van der Waals surface area contributed by atoms with Crippen molar-refractivity contribution in [2.75, 3.05) is 0 Å². The predicted octanol–water partition coefficient (Wildman–Crippen LogP) is 2.96. The molecule has 0 aliphatic heterocycles. The van der Waals surface area contributed by atoms with E-state index in [0.29, 0.717) is 18.7 Å². The molecule has 2 aromatic rings. The molecule has 18 heavy (non-hydrogen) atoms. The number of nitrogens with one attached hydrogen (secondary N) is 1. The van der Waals surface area contributed by atoms with Crippen molar-refractivity contribution in [1.82, 2.24) is 10.3 Å². The minimum absolute atomic E-state index is 0.361. The van der Waals surface area contributed by atoms with Gasteiger partial charge < -0.3 is 5.32 Å². The van der Waals surface area contributed by atoms with Crippen molar-refractivity contribution < 1.29 is 8.78 Å². The van der Waals surface area contributed by atoms with Crippen molar-refractivity contribution >= 4 is 0 Å². The van der Waals surface area contributed by atoms with Gasteiger partial charge in [0, 0.05) is 37.1 Å². The Bertz CT molecular complexity index is 541. The summed E-state index contributed by atoms with van der Waals surface area (Å²) in [6.07, 6.45) is 3.55. The minimum Gasteiger partial charge on any atom is -0.308 e. The number of hydrogen-bond acceptors (Lipinski definition) is 2. The smallest absolute Gasteiger partial charge is 0.130 e. The van der Waals surface area contributed by atoms with Gasteiger partial charge in [-0.3, -0.25) is 4.98 Å². The summed E-state index contributed by atoms with van der Waals surface area (Å²) < 4.78 is 26.1. The predicted molar refractivity (Wildman–Crippen MR) is 65.9 cm³/mol. The molecule has 0 bridgehead atoms. The molecule has 94 valence electrons. The highest BCUT2D eigenvalue weighted by Crippen LogP contribution is 2.09. The molecule has 0 saturated carbocycles. The van der Waals surface area contributed by atoms with E-state index in [1.807, 2.05) is 13.0 Å². The first kappa shape index (κ1) is 12.6. The zero-order valence-corrected chi connectivity index (χ0v) is 10.1. The lowest BCUT2D eigenvalue weighted by Gasteiger charge is -2.06. The molecular weight excluding hydrogens is 234 g/mol. The van der Waals surface area contributed by atoms with Crippen molar-refractivity contribution in [3.05, 3.63) is 65.0 Å². The monoisotopic (exact) mass is 248 g/mol. The van der Waals surface area contributed by atoms with Gasteiger partial charge in [0.2, 0.25) is 0 Å².